The van der Waals surface area contributed by atoms with Crippen LogP contribution in [0.5, 0.6) is 0 Å². The van der Waals surface area contributed by atoms with E-state index in [1.807, 2.05) is 31.2 Å². The van der Waals surface area contributed by atoms with Crippen LogP contribution in [0.3, 0.4) is 0 Å². The summed E-state index contributed by atoms with van der Waals surface area (Å²) in [5.41, 5.74) is 1.99. The molecule has 1 aliphatic rings. The molecule has 2 N–H and O–H groups in total. The Hall–Kier alpha value is -1.96. The second-order valence-corrected chi connectivity index (χ2v) is 6.66. The predicted molar refractivity (Wildman–Crippen MR) is 102 cm³/mol. The van der Waals surface area contributed by atoms with E-state index in [4.69, 9.17) is 4.74 Å². The van der Waals surface area contributed by atoms with Crippen molar-refractivity contribution in [2.75, 3.05) is 64.8 Å². The van der Waals surface area contributed by atoms with Crippen molar-refractivity contribution in [2.24, 2.45) is 0 Å². The fourth-order valence-electron chi connectivity index (χ4n) is 2.85. The van der Waals surface area contributed by atoms with Crippen molar-refractivity contribution >= 4 is 17.5 Å². The van der Waals surface area contributed by atoms with Crippen molar-refractivity contribution in [3.05, 3.63) is 29.8 Å². The summed E-state index contributed by atoms with van der Waals surface area (Å²) in [6.45, 7) is 7.28. The van der Waals surface area contributed by atoms with Crippen LogP contribution in [0.2, 0.25) is 0 Å². The number of rotatable bonds is 9. The van der Waals surface area contributed by atoms with Crippen molar-refractivity contribution in [2.45, 2.75) is 13.3 Å². The standard InChI is InChI=1S/C19H30N4O3/c1-16-4-6-17(7-5-16)21-19(25)15-23-11-9-22(10-12-23)14-18(24)20-8-3-13-26-2/h4-7H,3,8-15H2,1-2H3,(H,20,24)(H,21,25). The number of hydrogen-bond donors (Lipinski definition) is 2. The monoisotopic (exact) mass is 362 g/mol. The number of carbonyl (C=O) groups excluding carboxylic acids is 2. The third-order valence-corrected chi connectivity index (χ3v) is 4.38. The Morgan fingerprint density at radius 2 is 1.58 bits per heavy atom. The summed E-state index contributed by atoms with van der Waals surface area (Å²) in [5.74, 6) is 0.0462. The smallest absolute Gasteiger partial charge is 0.238 e. The molecule has 0 saturated carbocycles. The number of anilines is 1. The Morgan fingerprint density at radius 1 is 1.00 bits per heavy atom. The van der Waals surface area contributed by atoms with Crippen LogP contribution in [0, 0.1) is 6.92 Å². The Bertz CT molecular complexity index is 569. The second-order valence-electron chi connectivity index (χ2n) is 6.66. The van der Waals surface area contributed by atoms with Gasteiger partial charge in [0.2, 0.25) is 11.8 Å². The molecule has 1 fully saturated rings. The van der Waals surface area contributed by atoms with Gasteiger partial charge in [-0.2, -0.15) is 0 Å². The SMILES string of the molecule is COCCCNC(=O)CN1CCN(CC(=O)Nc2ccc(C)cc2)CC1. The number of carbonyl (C=O) groups is 2. The molecule has 0 radical (unpaired) electrons. The molecule has 0 bridgehead atoms. The Morgan fingerprint density at radius 3 is 2.15 bits per heavy atom. The summed E-state index contributed by atoms with van der Waals surface area (Å²) in [6, 6.07) is 7.79. The lowest BCUT2D eigenvalue weighted by Gasteiger charge is -2.33. The zero-order valence-electron chi connectivity index (χ0n) is 15.8. The lowest BCUT2D eigenvalue weighted by Crippen LogP contribution is -2.51. The minimum Gasteiger partial charge on any atom is -0.385 e. The van der Waals surface area contributed by atoms with Crippen molar-refractivity contribution in [1.82, 2.24) is 15.1 Å². The van der Waals surface area contributed by atoms with E-state index in [9.17, 15) is 9.59 Å². The van der Waals surface area contributed by atoms with Crippen molar-refractivity contribution in [3.8, 4) is 0 Å². The van der Waals surface area contributed by atoms with Crippen LogP contribution in [0.4, 0.5) is 5.69 Å². The summed E-state index contributed by atoms with van der Waals surface area (Å²) in [6.07, 6.45) is 0.826. The summed E-state index contributed by atoms with van der Waals surface area (Å²) >= 11 is 0. The highest BCUT2D eigenvalue weighted by Crippen LogP contribution is 2.09. The minimum atomic E-state index is -0.00168. The molecule has 7 heteroatoms. The molecule has 1 saturated heterocycles. The number of piperazine rings is 1. The average Bonchev–Trinajstić information content (AvgIpc) is 2.62. The van der Waals surface area contributed by atoms with Crippen LogP contribution in [-0.2, 0) is 14.3 Å². The molecule has 0 spiro atoms. The number of ether oxygens (including phenoxy) is 1. The fraction of sp³-hybridized carbons (Fsp3) is 0.579. The number of nitrogens with zero attached hydrogens (tertiary/aromatic N) is 2. The fourth-order valence-corrected chi connectivity index (χ4v) is 2.85. The topological polar surface area (TPSA) is 73.9 Å². The number of hydrogen-bond acceptors (Lipinski definition) is 5. The molecule has 1 heterocycles. The average molecular weight is 362 g/mol. The van der Waals surface area contributed by atoms with Gasteiger partial charge in [-0.3, -0.25) is 19.4 Å². The maximum atomic E-state index is 12.2. The predicted octanol–water partition coefficient (Wildman–Crippen LogP) is 0.704. The third-order valence-electron chi connectivity index (χ3n) is 4.38. The zero-order chi connectivity index (χ0) is 18.8. The van der Waals surface area contributed by atoms with Crippen LogP contribution in [0.1, 0.15) is 12.0 Å². The maximum Gasteiger partial charge on any atom is 0.238 e. The summed E-state index contributed by atoms with van der Waals surface area (Å²) < 4.78 is 4.96. The van der Waals surface area contributed by atoms with Crippen molar-refractivity contribution < 1.29 is 14.3 Å². The van der Waals surface area contributed by atoms with Crippen molar-refractivity contribution in [1.29, 1.82) is 0 Å². The lowest BCUT2D eigenvalue weighted by atomic mass is 10.2. The van der Waals surface area contributed by atoms with E-state index in [2.05, 4.69) is 20.4 Å². The normalized spacial score (nSPS) is 15.6. The van der Waals surface area contributed by atoms with E-state index in [1.165, 1.54) is 5.56 Å². The van der Waals surface area contributed by atoms with Gasteiger partial charge in [0, 0.05) is 52.1 Å². The zero-order valence-corrected chi connectivity index (χ0v) is 15.8. The molecule has 0 aliphatic carbocycles. The first-order valence-electron chi connectivity index (χ1n) is 9.13. The van der Waals surface area contributed by atoms with Gasteiger partial charge in [0.15, 0.2) is 0 Å². The van der Waals surface area contributed by atoms with E-state index < -0.39 is 0 Å². The van der Waals surface area contributed by atoms with Crippen LogP contribution in [-0.4, -0.2) is 81.1 Å². The van der Waals surface area contributed by atoms with Gasteiger partial charge < -0.3 is 15.4 Å². The van der Waals surface area contributed by atoms with Gasteiger partial charge in [0.25, 0.3) is 0 Å². The van der Waals surface area contributed by atoms with E-state index in [0.717, 1.165) is 38.3 Å². The van der Waals surface area contributed by atoms with Gasteiger partial charge in [0.1, 0.15) is 0 Å². The number of benzene rings is 1. The summed E-state index contributed by atoms with van der Waals surface area (Å²) in [4.78, 5) is 28.3. The van der Waals surface area contributed by atoms with Crippen molar-refractivity contribution in [3.63, 3.8) is 0 Å². The highest BCUT2D eigenvalue weighted by molar-refractivity contribution is 5.92. The molecule has 1 aromatic rings. The lowest BCUT2D eigenvalue weighted by molar-refractivity contribution is -0.123. The second kappa shape index (κ2) is 10.9. The van der Waals surface area contributed by atoms with Crippen LogP contribution >= 0.6 is 0 Å². The highest BCUT2D eigenvalue weighted by Gasteiger charge is 2.20. The van der Waals surface area contributed by atoms with Gasteiger partial charge in [-0.05, 0) is 25.5 Å². The van der Waals surface area contributed by atoms with Crippen LogP contribution < -0.4 is 10.6 Å². The highest BCUT2D eigenvalue weighted by atomic mass is 16.5. The molecular weight excluding hydrogens is 332 g/mol. The van der Waals surface area contributed by atoms with Gasteiger partial charge >= 0.3 is 0 Å². The summed E-state index contributed by atoms with van der Waals surface area (Å²) in [7, 11) is 1.66. The molecular formula is C19H30N4O3. The molecule has 1 aliphatic heterocycles. The molecule has 0 atom stereocenters. The summed E-state index contributed by atoms with van der Waals surface area (Å²) in [5, 5.41) is 5.83. The number of methoxy groups -OCH3 is 1. The first-order chi connectivity index (χ1) is 12.6. The van der Waals surface area contributed by atoms with Crippen LogP contribution in [0.15, 0.2) is 24.3 Å². The Balaban J connectivity index is 1.62. The van der Waals surface area contributed by atoms with Gasteiger partial charge in [-0.25, -0.2) is 0 Å². The maximum absolute atomic E-state index is 12.2. The number of aryl methyl sites for hydroxylation is 1. The first kappa shape index (κ1) is 20.4. The minimum absolute atomic E-state index is 0.00168. The Kier molecular flexibility index (Phi) is 8.53. The van der Waals surface area contributed by atoms with Gasteiger partial charge in [-0.15, -0.1) is 0 Å². The number of nitrogens with one attached hydrogen (secondary N) is 2. The molecule has 2 amide bonds. The Labute approximate surface area is 155 Å². The van der Waals surface area contributed by atoms with Gasteiger partial charge in [-0.1, -0.05) is 17.7 Å². The largest absolute Gasteiger partial charge is 0.385 e. The van der Waals surface area contributed by atoms with E-state index in [-0.39, 0.29) is 11.8 Å². The van der Waals surface area contributed by atoms with Gasteiger partial charge in [0.05, 0.1) is 13.1 Å². The van der Waals surface area contributed by atoms with E-state index in [0.29, 0.717) is 26.2 Å². The first-order valence-corrected chi connectivity index (χ1v) is 9.13. The molecule has 2 rings (SSSR count). The molecule has 144 valence electrons. The molecule has 26 heavy (non-hydrogen) atoms. The molecule has 7 nitrogen and oxygen atoms in total. The quantitative estimate of drug-likeness (QED) is 0.633. The molecule has 1 aromatic carbocycles. The van der Waals surface area contributed by atoms with E-state index >= 15 is 0 Å². The molecule has 0 aromatic heterocycles. The van der Waals surface area contributed by atoms with Crippen LogP contribution in [0.25, 0.3) is 0 Å². The molecule has 0 unspecified atom stereocenters. The number of amides is 2. The van der Waals surface area contributed by atoms with E-state index in [1.54, 1.807) is 7.11 Å². The third kappa shape index (κ3) is 7.51.